The Kier molecular flexibility index (Phi) is 4.45. The van der Waals surface area contributed by atoms with E-state index in [-0.39, 0.29) is 0 Å². The number of hydrogen-bond donors (Lipinski definition) is 1. The van der Waals surface area contributed by atoms with Gasteiger partial charge >= 0.3 is 0 Å². The Balaban J connectivity index is 1.52. The molecule has 2 aliphatic heterocycles. The van der Waals surface area contributed by atoms with Crippen LogP contribution in [0.4, 0.5) is 0 Å². The topological polar surface area (TPSA) is 32.5 Å². The van der Waals surface area contributed by atoms with E-state index in [1.165, 1.54) is 71.1 Å². The van der Waals surface area contributed by atoms with Gasteiger partial charge < -0.3 is 5.73 Å². The first kappa shape index (κ1) is 13.8. The lowest BCUT2D eigenvalue weighted by Gasteiger charge is -2.38. The van der Waals surface area contributed by atoms with E-state index in [0.717, 1.165) is 18.0 Å². The van der Waals surface area contributed by atoms with Crippen molar-refractivity contribution < 1.29 is 0 Å². The molecule has 3 heteroatoms. The summed E-state index contributed by atoms with van der Waals surface area (Å²) in [6, 6.07) is 2.17. The van der Waals surface area contributed by atoms with Crippen molar-refractivity contribution in [1.29, 1.82) is 0 Å². The van der Waals surface area contributed by atoms with E-state index >= 15 is 0 Å². The predicted octanol–water partition coefficient (Wildman–Crippen LogP) is 2.06. The monoisotopic (exact) mass is 265 g/mol. The second-order valence-corrected chi connectivity index (χ2v) is 7.14. The Hall–Kier alpha value is -0.120. The van der Waals surface area contributed by atoms with Crippen LogP contribution in [0.5, 0.6) is 0 Å². The van der Waals surface area contributed by atoms with Crippen LogP contribution in [0.25, 0.3) is 0 Å². The molecule has 0 bridgehead atoms. The molecule has 3 atom stereocenters. The molecule has 3 nitrogen and oxygen atoms in total. The van der Waals surface area contributed by atoms with Crippen LogP contribution in [0.1, 0.15) is 51.9 Å². The summed E-state index contributed by atoms with van der Waals surface area (Å²) in [5, 5.41) is 0. The summed E-state index contributed by atoms with van der Waals surface area (Å²) in [6.07, 6.45) is 9.60. The van der Waals surface area contributed by atoms with Crippen LogP contribution in [0.15, 0.2) is 0 Å². The highest BCUT2D eigenvalue weighted by molar-refractivity contribution is 4.91. The second kappa shape index (κ2) is 6.11. The second-order valence-electron chi connectivity index (χ2n) is 7.14. The predicted molar refractivity (Wildman–Crippen MR) is 80.2 cm³/mol. The molecule has 110 valence electrons. The largest absolute Gasteiger partial charge is 0.328 e. The third-order valence-corrected chi connectivity index (χ3v) is 5.82. The molecule has 0 spiro atoms. The molecule has 2 N–H and O–H groups in total. The average Bonchev–Trinajstić information content (AvgIpc) is 2.89. The van der Waals surface area contributed by atoms with Crippen LogP contribution in [0, 0.1) is 5.92 Å². The van der Waals surface area contributed by atoms with Crippen LogP contribution in [-0.2, 0) is 0 Å². The maximum absolute atomic E-state index is 6.02. The fourth-order valence-electron chi connectivity index (χ4n) is 4.49. The van der Waals surface area contributed by atoms with Gasteiger partial charge in [-0.2, -0.15) is 0 Å². The molecule has 0 aromatic heterocycles. The summed E-state index contributed by atoms with van der Waals surface area (Å²) in [5.41, 5.74) is 6.02. The van der Waals surface area contributed by atoms with Gasteiger partial charge in [0.2, 0.25) is 0 Å². The van der Waals surface area contributed by atoms with Crippen molar-refractivity contribution in [3.63, 3.8) is 0 Å². The number of nitrogens with two attached hydrogens (primary N) is 1. The maximum atomic E-state index is 6.02. The fourth-order valence-corrected chi connectivity index (χ4v) is 4.49. The normalized spacial score (nSPS) is 39.8. The van der Waals surface area contributed by atoms with Crippen molar-refractivity contribution in [2.24, 2.45) is 11.7 Å². The molecule has 0 radical (unpaired) electrons. The average molecular weight is 265 g/mol. The van der Waals surface area contributed by atoms with Gasteiger partial charge in [0, 0.05) is 31.2 Å². The number of likely N-dealkylation sites (tertiary alicyclic amines) is 2. The molecular formula is C16H31N3. The lowest BCUT2D eigenvalue weighted by atomic mass is 9.85. The summed E-state index contributed by atoms with van der Waals surface area (Å²) < 4.78 is 0. The lowest BCUT2D eigenvalue weighted by molar-refractivity contribution is 0.112. The summed E-state index contributed by atoms with van der Waals surface area (Å²) in [6.45, 7) is 7.60. The minimum atomic E-state index is 0.465. The highest BCUT2D eigenvalue weighted by Crippen LogP contribution is 2.31. The standard InChI is InChI=1S/C16H31N3/c1-13-4-2-3-5-16(13)19-11-8-15(12-19)18-9-6-14(17)7-10-18/h13-16H,2-12,17H2,1H3. The Labute approximate surface area is 118 Å². The van der Waals surface area contributed by atoms with Crippen LogP contribution in [0.3, 0.4) is 0 Å². The molecule has 3 fully saturated rings. The number of hydrogen-bond acceptors (Lipinski definition) is 3. The molecule has 19 heavy (non-hydrogen) atoms. The minimum absolute atomic E-state index is 0.465. The van der Waals surface area contributed by atoms with Gasteiger partial charge in [-0.15, -0.1) is 0 Å². The first-order valence-electron chi connectivity index (χ1n) is 8.47. The van der Waals surface area contributed by atoms with E-state index in [4.69, 9.17) is 5.73 Å². The van der Waals surface area contributed by atoms with E-state index in [1.54, 1.807) is 0 Å². The third kappa shape index (κ3) is 3.14. The molecule has 2 saturated heterocycles. The Morgan fingerprint density at radius 3 is 2.26 bits per heavy atom. The Bertz CT molecular complexity index is 286. The maximum Gasteiger partial charge on any atom is 0.0235 e. The smallest absolute Gasteiger partial charge is 0.0235 e. The SMILES string of the molecule is CC1CCCCC1N1CCC(N2CCC(N)CC2)C1. The minimum Gasteiger partial charge on any atom is -0.328 e. The van der Waals surface area contributed by atoms with Crippen molar-refractivity contribution in [3.05, 3.63) is 0 Å². The van der Waals surface area contributed by atoms with Crippen LogP contribution >= 0.6 is 0 Å². The molecule has 1 saturated carbocycles. The zero-order valence-corrected chi connectivity index (χ0v) is 12.6. The van der Waals surface area contributed by atoms with Gasteiger partial charge in [0.25, 0.3) is 0 Å². The quantitative estimate of drug-likeness (QED) is 0.829. The lowest BCUT2D eigenvalue weighted by Crippen LogP contribution is -2.47. The third-order valence-electron chi connectivity index (χ3n) is 5.82. The van der Waals surface area contributed by atoms with Crippen molar-refractivity contribution in [2.75, 3.05) is 26.2 Å². The van der Waals surface area contributed by atoms with Gasteiger partial charge in [0.1, 0.15) is 0 Å². The highest BCUT2D eigenvalue weighted by Gasteiger charge is 2.35. The molecule has 3 unspecified atom stereocenters. The Morgan fingerprint density at radius 1 is 0.842 bits per heavy atom. The van der Waals surface area contributed by atoms with Crippen LogP contribution in [-0.4, -0.2) is 54.1 Å². The molecule has 0 aromatic carbocycles. The zero-order chi connectivity index (χ0) is 13.2. The van der Waals surface area contributed by atoms with E-state index in [9.17, 15) is 0 Å². The van der Waals surface area contributed by atoms with Gasteiger partial charge in [-0.3, -0.25) is 9.80 Å². The highest BCUT2D eigenvalue weighted by atomic mass is 15.3. The van der Waals surface area contributed by atoms with Gasteiger partial charge in [-0.05, 0) is 51.1 Å². The van der Waals surface area contributed by atoms with E-state index < -0.39 is 0 Å². The summed E-state index contributed by atoms with van der Waals surface area (Å²) in [5.74, 6) is 0.919. The molecule has 3 aliphatic rings. The summed E-state index contributed by atoms with van der Waals surface area (Å²) in [7, 11) is 0. The molecule has 2 heterocycles. The fraction of sp³-hybridized carbons (Fsp3) is 1.00. The zero-order valence-electron chi connectivity index (χ0n) is 12.6. The van der Waals surface area contributed by atoms with Crippen LogP contribution in [0.2, 0.25) is 0 Å². The first-order chi connectivity index (χ1) is 9.24. The van der Waals surface area contributed by atoms with Gasteiger partial charge in [0.05, 0.1) is 0 Å². The van der Waals surface area contributed by atoms with Crippen molar-refractivity contribution in [2.45, 2.75) is 70.0 Å². The van der Waals surface area contributed by atoms with E-state index in [0.29, 0.717) is 6.04 Å². The Morgan fingerprint density at radius 2 is 1.53 bits per heavy atom. The number of nitrogens with zero attached hydrogens (tertiary/aromatic N) is 2. The summed E-state index contributed by atoms with van der Waals surface area (Å²) in [4.78, 5) is 5.53. The van der Waals surface area contributed by atoms with Gasteiger partial charge in [0.15, 0.2) is 0 Å². The van der Waals surface area contributed by atoms with Crippen molar-refractivity contribution >= 4 is 0 Å². The summed E-state index contributed by atoms with van der Waals surface area (Å²) >= 11 is 0. The first-order valence-corrected chi connectivity index (χ1v) is 8.47. The molecule has 3 rings (SSSR count). The van der Waals surface area contributed by atoms with Crippen molar-refractivity contribution in [3.8, 4) is 0 Å². The molecular weight excluding hydrogens is 234 g/mol. The van der Waals surface area contributed by atoms with E-state index in [2.05, 4.69) is 16.7 Å². The molecule has 1 aliphatic carbocycles. The van der Waals surface area contributed by atoms with Crippen LogP contribution < -0.4 is 5.73 Å². The van der Waals surface area contributed by atoms with Crippen molar-refractivity contribution in [1.82, 2.24) is 9.80 Å². The number of piperidine rings is 1. The van der Waals surface area contributed by atoms with E-state index in [1.807, 2.05) is 0 Å². The van der Waals surface area contributed by atoms with Gasteiger partial charge in [-0.1, -0.05) is 19.8 Å². The molecule has 0 aromatic rings. The molecule has 0 amide bonds. The number of rotatable bonds is 2. The van der Waals surface area contributed by atoms with Gasteiger partial charge in [-0.25, -0.2) is 0 Å².